The van der Waals surface area contributed by atoms with Crippen LogP contribution in [0, 0.1) is 0 Å². The third-order valence-electron chi connectivity index (χ3n) is 5.11. The summed E-state index contributed by atoms with van der Waals surface area (Å²) in [6.07, 6.45) is 1.80. The van der Waals surface area contributed by atoms with Gasteiger partial charge in [-0.25, -0.2) is 0 Å². The largest absolute Gasteiger partial charge is 0.483 e. The summed E-state index contributed by atoms with van der Waals surface area (Å²) in [5.41, 5.74) is 7.23. The predicted molar refractivity (Wildman–Crippen MR) is 111 cm³/mol. The molecule has 0 aliphatic carbocycles. The summed E-state index contributed by atoms with van der Waals surface area (Å²) in [5.74, 6) is 0.601. The van der Waals surface area contributed by atoms with Crippen molar-refractivity contribution in [3.05, 3.63) is 59.1 Å². The number of anilines is 1. The fourth-order valence-electron chi connectivity index (χ4n) is 3.56. The SMILES string of the molecule is CC(N)[C@@H]1N=c2cccc(OCC(=O)N3CCOCC3)c2=CN1c1ccccc1. The molecule has 7 nitrogen and oxygen atoms in total. The lowest BCUT2D eigenvalue weighted by atomic mass is 10.1. The molecule has 0 spiro atoms. The number of fused-ring (bicyclic) bond motifs is 1. The van der Waals surface area contributed by atoms with Gasteiger partial charge in [0.05, 0.1) is 23.8 Å². The maximum absolute atomic E-state index is 12.5. The zero-order valence-corrected chi connectivity index (χ0v) is 16.5. The highest BCUT2D eigenvalue weighted by atomic mass is 16.5. The molecular formula is C22H26N4O3. The minimum absolute atomic E-state index is 0.00759. The van der Waals surface area contributed by atoms with Gasteiger partial charge in [-0.3, -0.25) is 9.79 Å². The molecular weight excluding hydrogens is 368 g/mol. The standard InChI is InChI=1S/C22H26N4O3/c1-16(23)22-24-19-8-5-9-20(29-15-21(27)25-10-12-28-13-11-25)18(19)14-26(22)17-6-3-2-4-7-17/h2-9,14,16,22H,10-13,15,23H2,1H3/t16?,22-/m1/s1. The van der Waals surface area contributed by atoms with Gasteiger partial charge in [0, 0.05) is 31.0 Å². The van der Waals surface area contributed by atoms with Crippen LogP contribution < -0.4 is 25.9 Å². The summed E-state index contributed by atoms with van der Waals surface area (Å²) in [6.45, 7) is 4.30. The van der Waals surface area contributed by atoms with Crippen molar-refractivity contribution in [3.63, 3.8) is 0 Å². The normalized spacial score (nSPS) is 19.6. The third kappa shape index (κ3) is 4.26. The van der Waals surface area contributed by atoms with Crippen LogP contribution in [0.5, 0.6) is 5.75 Å². The molecule has 7 heteroatoms. The molecule has 2 heterocycles. The number of carbonyl (C=O) groups excluding carboxylic acids is 1. The fraction of sp³-hybridized carbons (Fsp3) is 0.364. The van der Waals surface area contributed by atoms with E-state index in [0.717, 1.165) is 16.3 Å². The molecule has 0 saturated carbocycles. The number of rotatable bonds is 5. The van der Waals surface area contributed by atoms with E-state index in [9.17, 15) is 4.79 Å². The van der Waals surface area contributed by atoms with Crippen LogP contribution in [0.15, 0.2) is 53.5 Å². The van der Waals surface area contributed by atoms with Crippen molar-refractivity contribution in [2.45, 2.75) is 19.1 Å². The second-order valence-electron chi connectivity index (χ2n) is 7.24. The Bertz CT molecular complexity index is 971. The van der Waals surface area contributed by atoms with Crippen LogP contribution in [0.4, 0.5) is 5.69 Å². The zero-order valence-electron chi connectivity index (χ0n) is 16.5. The predicted octanol–water partition coefficient (Wildman–Crippen LogP) is 0.475. The van der Waals surface area contributed by atoms with Crippen molar-refractivity contribution < 1.29 is 14.3 Å². The molecule has 2 aromatic rings. The maximum atomic E-state index is 12.5. The first-order valence-electron chi connectivity index (χ1n) is 9.89. The fourth-order valence-corrected chi connectivity index (χ4v) is 3.56. The van der Waals surface area contributed by atoms with Crippen LogP contribution in [0.2, 0.25) is 0 Å². The lowest BCUT2D eigenvalue weighted by Crippen LogP contribution is -2.50. The molecule has 2 aliphatic rings. The first-order chi connectivity index (χ1) is 14.1. The van der Waals surface area contributed by atoms with Gasteiger partial charge in [-0.05, 0) is 31.2 Å². The molecule has 2 aliphatic heterocycles. The Morgan fingerprint density at radius 3 is 2.69 bits per heavy atom. The molecule has 4 rings (SSSR count). The molecule has 152 valence electrons. The Labute approximate surface area is 170 Å². The lowest BCUT2D eigenvalue weighted by molar-refractivity contribution is -0.137. The molecule has 2 N–H and O–H groups in total. The minimum Gasteiger partial charge on any atom is -0.483 e. The van der Waals surface area contributed by atoms with Gasteiger partial charge in [0.15, 0.2) is 6.61 Å². The monoisotopic (exact) mass is 394 g/mol. The summed E-state index contributed by atoms with van der Waals surface area (Å²) in [6, 6.07) is 15.5. The van der Waals surface area contributed by atoms with E-state index < -0.39 is 0 Å². The van der Waals surface area contributed by atoms with Crippen LogP contribution in [0.3, 0.4) is 0 Å². The van der Waals surface area contributed by atoms with Crippen molar-refractivity contribution in [3.8, 4) is 5.75 Å². The van der Waals surface area contributed by atoms with Crippen LogP contribution >= 0.6 is 0 Å². The van der Waals surface area contributed by atoms with E-state index in [-0.39, 0.29) is 24.7 Å². The number of morpholine rings is 1. The summed E-state index contributed by atoms with van der Waals surface area (Å²) >= 11 is 0. The lowest BCUT2D eigenvalue weighted by Gasteiger charge is -2.32. The number of benzene rings is 2. The zero-order chi connectivity index (χ0) is 20.2. The van der Waals surface area contributed by atoms with Gasteiger partial charge in [0.1, 0.15) is 11.9 Å². The van der Waals surface area contributed by atoms with Crippen LogP contribution in [0.25, 0.3) is 6.20 Å². The summed E-state index contributed by atoms with van der Waals surface area (Å²) in [4.78, 5) is 21.1. The third-order valence-corrected chi connectivity index (χ3v) is 5.11. The Kier molecular flexibility index (Phi) is 5.78. The molecule has 1 fully saturated rings. The summed E-state index contributed by atoms with van der Waals surface area (Å²) in [5, 5.41) is 1.67. The van der Waals surface area contributed by atoms with Crippen LogP contribution in [-0.2, 0) is 9.53 Å². The molecule has 0 radical (unpaired) electrons. The van der Waals surface area contributed by atoms with E-state index in [1.807, 2.05) is 61.7 Å². The van der Waals surface area contributed by atoms with Crippen LogP contribution in [0.1, 0.15) is 6.92 Å². The topological polar surface area (TPSA) is 80.4 Å². The van der Waals surface area contributed by atoms with Gasteiger partial charge in [-0.2, -0.15) is 0 Å². The molecule has 0 aromatic heterocycles. The first kappa shape index (κ1) is 19.4. The first-order valence-corrected chi connectivity index (χ1v) is 9.89. The van der Waals surface area contributed by atoms with Crippen molar-refractivity contribution in [2.24, 2.45) is 10.7 Å². The van der Waals surface area contributed by atoms with Crippen molar-refractivity contribution in [1.82, 2.24) is 4.90 Å². The second-order valence-corrected chi connectivity index (χ2v) is 7.24. The van der Waals surface area contributed by atoms with Gasteiger partial charge < -0.3 is 25.0 Å². The van der Waals surface area contributed by atoms with E-state index in [1.165, 1.54) is 0 Å². The average molecular weight is 394 g/mol. The van der Waals surface area contributed by atoms with Gasteiger partial charge in [0.25, 0.3) is 5.91 Å². The maximum Gasteiger partial charge on any atom is 0.260 e. The number of nitrogens with zero attached hydrogens (tertiary/aromatic N) is 3. The van der Waals surface area contributed by atoms with Crippen molar-refractivity contribution in [2.75, 3.05) is 37.8 Å². The molecule has 0 bridgehead atoms. The smallest absolute Gasteiger partial charge is 0.260 e. The van der Waals surface area contributed by atoms with E-state index in [1.54, 1.807) is 4.90 Å². The number of amides is 1. The number of hydrogen-bond acceptors (Lipinski definition) is 6. The van der Waals surface area contributed by atoms with Crippen LogP contribution in [-0.4, -0.2) is 55.9 Å². The Morgan fingerprint density at radius 2 is 1.97 bits per heavy atom. The second kappa shape index (κ2) is 8.63. The Hall–Kier alpha value is -2.90. The molecule has 2 atom stereocenters. The van der Waals surface area contributed by atoms with Crippen molar-refractivity contribution >= 4 is 17.8 Å². The van der Waals surface area contributed by atoms with E-state index >= 15 is 0 Å². The van der Waals surface area contributed by atoms with Crippen molar-refractivity contribution in [1.29, 1.82) is 0 Å². The number of ether oxygens (including phenoxy) is 2. The van der Waals surface area contributed by atoms with Gasteiger partial charge in [-0.1, -0.05) is 24.3 Å². The van der Waals surface area contributed by atoms with E-state index in [0.29, 0.717) is 32.1 Å². The van der Waals surface area contributed by atoms with E-state index in [2.05, 4.69) is 4.90 Å². The molecule has 1 unspecified atom stereocenters. The summed E-state index contributed by atoms with van der Waals surface area (Å²) in [7, 11) is 0. The highest BCUT2D eigenvalue weighted by Crippen LogP contribution is 2.21. The minimum atomic E-state index is -0.213. The molecule has 29 heavy (non-hydrogen) atoms. The molecule has 1 amide bonds. The van der Waals surface area contributed by atoms with Gasteiger partial charge >= 0.3 is 0 Å². The number of hydrogen-bond donors (Lipinski definition) is 1. The van der Waals surface area contributed by atoms with E-state index in [4.69, 9.17) is 20.2 Å². The average Bonchev–Trinajstić information content (AvgIpc) is 2.77. The Balaban J connectivity index is 1.63. The highest BCUT2D eigenvalue weighted by molar-refractivity contribution is 5.78. The molecule has 2 aromatic carbocycles. The number of para-hydroxylation sites is 1. The number of nitrogens with two attached hydrogens (primary N) is 1. The number of carbonyl (C=O) groups is 1. The molecule has 1 saturated heterocycles. The van der Waals surface area contributed by atoms with Gasteiger partial charge in [0.2, 0.25) is 0 Å². The van der Waals surface area contributed by atoms with Gasteiger partial charge in [-0.15, -0.1) is 0 Å². The quantitative estimate of drug-likeness (QED) is 0.798. The highest BCUT2D eigenvalue weighted by Gasteiger charge is 2.24. The Morgan fingerprint density at radius 1 is 1.21 bits per heavy atom. The summed E-state index contributed by atoms with van der Waals surface area (Å²) < 4.78 is 11.2.